The quantitative estimate of drug-likeness (QED) is 0.832. The van der Waals surface area contributed by atoms with Crippen LogP contribution in [0.4, 0.5) is 0 Å². The van der Waals surface area contributed by atoms with Crippen molar-refractivity contribution in [2.24, 2.45) is 0 Å². The molecule has 0 saturated carbocycles. The Labute approximate surface area is 126 Å². The van der Waals surface area contributed by atoms with Crippen LogP contribution in [0.2, 0.25) is 0 Å². The Morgan fingerprint density at radius 3 is 2.65 bits per heavy atom. The van der Waals surface area contributed by atoms with Crippen molar-refractivity contribution >= 4 is 27.9 Å². The maximum absolute atomic E-state index is 10.8. The smallest absolute Gasteiger partial charge is 0.151 e. The second-order valence-corrected chi connectivity index (χ2v) is 5.01. The fraction of sp³-hybridized carbons (Fsp3) is 0.0625. The summed E-state index contributed by atoms with van der Waals surface area (Å²) in [6, 6.07) is 12.9. The van der Waals surface area contributed by atoms with Gasteiger partial charge in [0.2, 0.25) is 0 Å². The number of carbonyl (C=O) groups is 1. The number of nitrogens with one attached hydrogen (secondary N) is 1. The molecule has 0 aliphatic heterocycles. The molecule has 2 aromatic carbocycles. The maximum atomic E-state index is 10.8. The molecule has 0 aromatic heterocycles. The highest BCUT2D eigenvalue weighted by Crippen LogP contribution is 2.27. The van der Waals surface area contributed by atoms with Crippen LogP contribution in [0.5, 0.6) is 11.5 Å². The van der Waals surface area contributed by atoms with E-state index >= 15 is 0 Å². The van der Waals surface area contributed by atoms with Crippen LogP contribution in [0.25, 0.3) is 5.70 Å². The van der Waals surface area contributed by atoms with Gasteiger partial charge in [0, 0.05) is 28.3 Å². The zero-order valence-electron chi connectivity index (χ0n) is 11.0. The fourth-order valence-corrected chi connectivity index (χ4v) is 2.15. The van der Waals surface area contributed by atoms with Gasteiger partial charge in [-0.15, -0.1) is 0 Å². The van der Waals surface area contributed by atoms with Crippen molar-refractivity contribution in [3.8, 4) is 11.5 Å². The lowest BCUT2D eigenvalue weighted by Crippen LogP contribution is -2.02. The zero-order valence-corrected chi connectivity index (χ0v) is 12.6. The Bertz CT molecular complexity index is 653. The average molecular weight is 332 g/mol. The summed E-state index contributed by atoms with van der Waals surface area (Å²) >= 11 is 3.33. The van der Waals surface area contributed by atoms with Crippen LogP contribution in [0, 0.1) is 0 Å². The van der Waals surface area contributed by atoms with Crippen molar-refractivity contribution in [3.63, 3.8) is 0 Å². The maximum Gasteiger partial charge on any atom is 0.151 e. The predicted octanol–water partition coefficient (Wildman–Crippen LogP) is 4.24. The number of hydrogen-bond acceptors (Lipinski definition) is 3. The van der Waals surface area contributed by atoms with E-state index in [-0.39, 0.29) is 0 Å². The van der Waals surface area contributed by atoms with Crippen LogP contribution < -0.4 is 10.1 Å². The Morgan fingerprint density at radius 2 is 2.00 bits per heavy atom. The SMILES string of the molecule is C=C(NC)c1cccc(Oc2ccc(C=O)c(Br)c2)c1. The minimum Gasteiger partial charge on any atom is -0.457 e. The van der Waals surface area contributed by atoms with Crippen molar-refractivity contribution in [3.05, 3.63) is 64.6 Å². The van der Waals surface area contributed by atoms with Crippen LogP contribution in [0.15, 0.2) is 53.5 Å². The summed E-state index contributed by atoms with van der Waals surface area (Å²) in [5.41, 5.74) is 2.39. The third-order valence-electron chi connectivity index (χ3n) is 2.82. The van der Waals surface area contributed by atoms with Gasteiger partial charge in [-0.25, -0.2) is 0 Å². The highest BCUT2D eigenvalue weighted by molar-refractivity contribution is 9.10. The molecule has 0 amide bonds. The molecular weight excluding hydrogens is 318 g/mol. The average Bonchev–Trinajstić information content (AvgIpc) is 2.47. The number of rotatable bonds is 5. The number of carbonyl (C=O) groups excluding carboxylic acids is 1. The molecule has 0 aliphatic carbocycles. The molecule has 0 saturated heterocycles. The Hall–Kier alpha value is -2.07. The molecule has 0 unspecified atom stereocenters. The lowest BCUT2D eigenvalue weighted by Gasteiger charge is -2.10. The second kappa shape index (κ2) is 6.39. The summed E-state index contributed by atoms with van der Waals surface area (Å²) in [7, 11) is 1.82. The van der Waals surface area contributed by atoms with E-state index in [1.807, 2.05) is 31.3 Å². The molecule has 102 valence electrons. The molecule has 1 N–H and O–H groups in total. The number of aldehydes is 1. The van der Waals surface area contributed by atoms with E-state index in [1.54, 1.807) is 18.2 Å². The third kappa shape index (κ3) is 3.27. The summed E-state index contributed by atoms with van der Waals surface area (Å²) in [6.07, 6.45) is 0.797. The molecule has 0 spiro atoms. The van der Waals surface area contributed by atoms with Gasteiger partial charge in [0.25, 0.3) is 0 Å². The molecule has 4 heteroatoms. The normalized spacial score (nSPS) is 9.90. The monoisotopic (exact) mass is 331 g/mol. The third-order valence-corrected chi connectivity index (χ3v) is 3.51. The van der Waals surface area contributed by atoms with Crippen molar-refractivity contribution in [1.82, 2.24) is 5.32 Å². The first-order valence-corrected chi connectivity index (χ1v) is 6.83. The molecule has 0 fully saturated rings. The minimum atomic E-state index is 0.592. The molecule has 0 atom stereocenters. The lowest BCUT2D eigenvalue weighted by molar-refractivity contribution is 0.112. The predicted molar refractivity (Wildman–Crippen MR) is 84.1 cm³/mol. The summed E-state index contributed by atoms with van der Waals surface area (Å²) in [4.78, 5) is 10.8. The molecule has 0 radical (unpaired) electrons. The molecular formula is C16H14BrNO2. The number of hydrogen-bond donors (Lipinski definition) is 1. The van der Waals surface area contributed by atoms with Crippen LogP contribution in [-0.4, -0.2) is 13.3 Å². The molecule has 0 bridgehead atoms. The van der Waals surface area contributed by atoms with Gasteiger partial charge in [-0.2, -0.15) is 0 Å². The van der Waals surface area contributed by atoms with Crippen molar-refractivity contribution < 1.29 is 9.53 Å². The van der Waals surface area contributed by atoms with E-state index in [0.717, 1.165) is 17.5 Å². The first-order valence-electron chi connectivity index (χ1n) is 6.03. The van der Waals surface area contributed by atoms with Crippen LogP contribution in [0.3, 0.4) is 0 Å². The highest BCUT2D eigenvalue weighted by atomic mass is 79.9. The van der Waals surface area contributed by atoms with E-state index in [4.69, 9.17) is 4.74 Å². The summed E-state index contributed by atoms with van der Waals surface area (Å²) < 4.78 is 6.49. The van der Waals surface area contributed by atoms with Gasteiger partial charge in [-0.1, -0.05) is 18.7 Å². The van der Waals surface area contributed by atoms with E-state index in [1.165, 1.54) is 0 Å². The first kappa shape index (κ1) is 14.3. The van der Waals surface area contributed by atoms with Crippen LogP contribution in [0.1, 0.15) is 15.9 Å². The van der Waals surface area contributed by atoms with E-state index in [2.05, 4.69) is 27.8 Å². The second-order valence-electron chi connectivity index (χ2n) is 4.16. The van der Waals surface area contributed by atoms with Gasteiger partial charge in [-0.05, 0) is 46.3 Å². The molecule has 2 aromatic rings. The van der Waals surface area contributed by atoms with E-state index in [9.17, 15) is 4.79 Å². The lowest BCUT2D eigenvalue weighted by atomic mass is 10.1. The Balaban J connectivity index is 2.23. The van der Waals surface area contributed by atoms with Gasteiger partial charge in [0.1, 0.15) is 11.5 Å². The molecule has 0 heterocycles. The van der Waals surface area contributed by atoms with Gasteiger partial charge < -0.3 is 10.1 Å². The summed E-state index contributed by atoms with van der Waals surface area (Å²) in [5, 5.41) is 3.00. The number of halogens is 1. The zero-order chi connectivity index (χ0) is 14.5. The highest BCUT2D eigenvalue weighted by Gasteiger charge is 2.04. The Kier molecular flexibility index (Phi) is 4.58. The topological polar surface area (TPSA) is 38.3 Å². The van der Waals surface area contributed by atoms with Crippen LogP contribution >= 0.6 is 15.9 Å². The number of ether oxygens (including phenoxy) is 1. The van der Waals surface area contributed by atoms with Crippen molar-refractivity contribution in [1.29, 1.82) is 0 Å². The van der Waals surface area contributed by atoms with E-state index < -0.39 is 0 Å². The molecule has 3 nitrogen and oxygen atoms in total. The van der Waals surface area contributed by atoms with Crippen molar-refractivity contribution in [2.45, 2.75) is 0 Å². The van der Waals surface area contributed by atoms with Gasteiger partial charge in [0.05, 0.1) is 0 Å². The standard InChI is InChI=1S/C16H14BrNO2/c1-11(18-2)12-4-3-5-14(8-12)20-15-7-6-13(10-19)16(17)9-15/h3-10,18H,1H2,2H3. The van der Waals surface area contributed by atoms with E-state index in [0.29, 0.717) is 21.5 Å². The number of benzene rings is 2. The largest absolute Gasteiger partial charge is 0.457 e. The Morgan fingerprint density at radius 1 is 1.25 bits per heavy atom. The van der Waals surface area contributed by atoms with Gasteiger partial charge in [-0.3, -0.25) is 4.79 Å². The molecule has 20 heavy (non-hydrogen) atoms. The first-order chi connectivity index (χ1) is 9.63. The van der Waals surface area contributed by atoms with Crippen LogP contribution in [-0.2, 0) is 0 Å². The molecule has 0 aliphatic rings. The summed E-state index contributed by atoms with van der Waals surface area (Å²) in [5.74, 6) is 1.37. The van der Waals surface area contributed by atoms with Gasteiger partial charge >= 0.3 is 0 Å². The fourth-order valence-electron chi connectivity index (χ4n) is 1.69. The minimum absolute atomic E-state index is 0.592. The summed E-state index contributed by atoms with van der Waals surface area (Å²) in [6.45, 7) is 3.92. The molecule has 2 rings (SSSR count). The van der Waals surface area contributed by atoms with Crippen molar-refractivity contribution in [2.75, 3.05) is 7.05 Å². The van der Waals surface area contributed by atoms with Gasteiger partial charge in [0.15, 0.2) is 6.29 Å².